The number of fused-ring (bicyclic) bond motifs is 1. The summed E-state index contributed by atoms with van der Waals surface area (Å²) in [7, 11) is 0. The Balaban J connectivity index is 1.60. The van der Waals surface area contributed by atoms with E-state index in [4.69, 9.17) is 4.74 Å². The number of amides is 2. The number of carboxylic acids is 1. The van der Waals surface area contributed by atoms with E-state index in [1.54, 1.807) is 30.2 Å². The van der Waals surface area contributed by atoms with Crippen molar-refractivity contribution in [3.63, 3.8) is 0 Å². The molecule has 2 N–H and O–H groups in total. The molecule has 0 saturated carbocycles. The van der Waals surface area contributed by atoms with E-state index in [1.165, 1.54) is 11.8 Å². The van der Waals surface area contributed by atoms with E-state index >= 15 is 0 Å². The number of aliphatic carboxylic acids is 1. The van der Waals surface area contributed by atoms with Gasteiger partial charge in [-0.3, -0.25) is 9.59 Å². The first-order valence-electron chi connectivity index (χ1n) is 7.40. The molecule has 9 heteroatoms. The van der Waals surface area contributed by atoms with Crippen LogP contribution in [0.2, 0.25) is 0 Å². The maximum absolute atomic E-state index is 12.2. The van der Waals surface area contributed by atoms with Gasteiger partial charge in [0.15, 0.2) is 12.6 Å². The molecule has 2 amide bonds. The second kappa shape index (κ2) is 7.00. The number of rotatable bonds is 5. The summed E-state index contributed by atoms with van der Waals surface area (Å²) in [6.45, 7) is -0.257. The quantitative estimate of drug-likeness (QED) is 0.545. The smallest absolute Gasteiger partial charge is 0.331 e. The summed E-state index contributed by atoms with van der Waals surface area (Å²) in [5.74, 6) is -0.0213. The van der Waals surface area contributed by atoms with Gasteiger partial charge in [-0.25, -0.2) is 9.59 Å². The van der Waals surface area contributed by atoms with Crippen LogP contribution in [0.5, 0.6) is 5.75 Å². The summed E-state index contributed by atoms with van der Waals surface area (Å²) in [6, 6.07) is 6.61. The molecule has 3 atom stereocenters. The largest absolute Gasteiger partial charge is 0.484 e. The molecular formula is C16H14N2O6S. The maximum atomic E-state index is 12.2. The molecule has 8 nitrogen and oxygen atoms in total. The summed E-state index contributed by atoms with van der Waals surface area (Å²) in [4.78, 5) is 47.5. The normalized spacial score (nSPS) is 24.6. The minimum absolute atomic E-state index is 0.0132. The minimum Gasteiger partial charge on any atom is -0.484 e. The molecular weight excluding hydrogens is 348 g/mol. The van der Waals surface area contributed by atoms with Crippen molar-refractivity contribution in [1.82, 2.24) is 10.2 Å². The SMILES string of the molecule is O=C=C1CS[C@H]2C(NC(=O)COc3ccccc3)C(=O)N2C1C(=O)O. The van der Waals surface area contributed by atoms with Gasteiger partial charge in [-0.1, -0.05) is 18.2 Å². The van der Waals surface area contributed by atoms with Crippen LogP contribution in [0.25, 0.3) is 0 Å². The predicted octanol–water partition coefficient (Wildman–Crippen LogP) is -0.323. The average molecular weight is 362 g/mol. The first-order chi connectivity index (χ1) is 12.0. The number of hydrogen-bond acceptors (Lipinski definition) is 6. The summed E-state index contributed by atoms with van der Waals surface area (Å²) in [5, 5.41) is 11.3. The Morgan fingerprint density at radius 3 is 2.72 bits per heavy atom. The van der Waals surface area contributed by atoms with E-state index < -0.39 is 35.2 Å². The molecule has 0 aliphatic carbocycles. The molecule has 0 aromatic heterocycles. The summed E-state index contributed by atoms with van der Waals surface area (Å²) in [5.41, 5.74) is 0.0132. The zero-order valence-corrected chi connectivity index (χ0v) is 13.7. The van der Waals surface area contributed by atoms with Crippen molar-refractivity contribution in [1.29, 1.82) is 0 Å². The van der Waals surface area contributed by atoms with Crippen molar-refractivity contribution in [3.8, 4) is 5.75 Å². The van der Waals surface area contributed by atoms with E-state index in [-0.39, 0.29) is 17.9 Å². The second-order valence-electron chi connectivity index (χ2n) is 5.46. The van der Waals surface area contributed by atoms with Crippen molar-refractivity contribution in [2.75, 3.05) is 12.4 Å². The topological polar surface area (TPSA) is 113 Å². The highest BCUT2D eigenvalue weighted by Gasteiger charge is 2.56. The fraction of sp³-hybridized carbons (Fsp3) is 0.312. The minimum atomic E-state index is -1.31. The fourth-order valence-electron chi connectivity index (χ4n) is 2.73. The van der Waals surface area contributed by atoms with Crippen LogP contribution in [-0.4, -0.2) is 63.5 Å². The van der Waals surface area contributed by atoms with Crippen LogP contribution in [0, 0.1) is 0 Å². The van der Waals surface area contributed by atoms with Crippen molar-refractivity contribution in [2.24, 2.45) is 0 Å². The van der Waals surface area contributed by atoms with Crippen molar-refractivity contribution >= 4 is 35.5 Å². The molecule has 130 valence electrons. The van der Waals surface area contributed by atoms with Crippen LogP contribution in [0.15, 0.2) is 35.9 Å². The number of β-lactam (4-membered cyclic amide) rings is 1. The van der Waals surface area contributed by atoms with Gasteiger partial charge in [0.1, 0.15) is 23.1 Å². The van der Waals surface area contributed by atoms with Gasteiger partial charge < -0.3 is 20.1 Å². The number of carboxylic acid groups (broad SMARTS) is 1. The molecule has 1 aromatic rings. The lowest BCUT2D eigenvalue weighted by Crippen LogP contribution is -2.74. The molecule has 0 bridgehead atoms. The molecule has 0 spiro atoms. The van der Waals surface area contributed by atoms with Gasteiger partial charge in [0.25, 0.3) is 5.91 Å². The lowest BCUT2D eigenvalue weighted by molar-refractivity contribution is -0.160. The van der Waals surface area contributed by atoms with Crippen LogP contribution >= 0.6 is 11.8 Å². The molecule has 3 rings (SSSR count). The average Bonchev–Trinajstić information content (AvgIpc) is 2.63. The van der Waals surface area contributed by atoms with Crippen LogP contribution in [0.4, 0.5) is 0 Å². The second-order valence-corrected chi connectivity index (χ2v) is 6.57. The molecule has 1 aromatic carbocycles. The maximum Gasteiger partial charge on any atom is 0.331 e. The zero-order chi connectivity index (χ0) is 18.0. The van der Waals surface area contributed by atoms with Crippen molar-refractivity contribution in [3.05, 3.63) is 35.9 Å². The highest BCUT2D eigenvalue weighted by Crippen LogP contribution is 2.39. The number of hydrogen-bond donors (Lipinski definition) is 2. The van der Waals surface area contributed by atoms with Crippen LogP contribution in [-0.2, 0) is 19.2 Å². The molecule has 2 fully saturated rings. The Kier molecular flexibility index (Phi) is 4.78. The van der Waals surface area contributed by atoms with Gasteiger partial charge in [-0.15, -0.1) is 11.8 Å². The highest BCUT2D eigenvalue weighted by atomic mass is 32.2. The Hall–Kier alpha value is -2.77. The summed E-state index contributed by atoms with van der Waals surface area (Å²) >= 11 is 1.22. The van der Waals surface area contributed by atoms with E-state index in [0.29, 0.717) is 5.75 Å². The van der Waals surface area contributed by atoms with Crippen LogP contribution < -0.4 is 10.1 Å². The Morgan fingerprint density at radius 1 is 1.36 bits per heavy atom. The Labute approximate surface area is 146 Å². The number of ether oxygens (including phenoxy) is 1. The summed E-state index contributed by atoms with van der Waals surface area (Å²) < 4.78 is 5.31. The van der Waals surface area contributed by atoms with E-state index in [1.807, 2.05) is 6.07 Å². The monoisotopic (exact) mass is 362 g/mol. The molecule has 0 radical (unpaired) electrons. The molecule has 2 unspecified atom stereocenters. The third kappa shape index (κ3) is 3.24. The Bertz CT molecular complexity index is 761. The molecule has 2 saturated heterocycles. The number of benzene rings is 1. The van der Waals surface area contributed by atoms with Gasteiger partial charge in [-0.05, 0) is 12.1 Å². The van der Waals surface area contributed by atoms with Gasteiger partial charge in [-0.2, -0.15) is 0 Å². The molecule has 25 heavy (non-hydrogen) atoms. The van der Waals surface area contributed by atoms with Crippen molar-refractivity contribution < 1.29 is 29.0 Å². The first-order valence-corrected chi connectivity index (χ1v) is 8.45. The highest BCUT2D eigenvalue weighted by molar-refractivity contribution is 8.00. The van der Waals surface area contributed by atoms with Gasteiger partial charge >= 0.3 is 5.97 Å². The van der Waals surface area contributed by atoms with Crippen LogP contribution in [0.1, 0.15) is 0 Å². The standard InChI is InChI=1S/C16H14N2O6S/c19-6-9-8-25-15-12(14(21)18(15)13(9)16(22)23)17-11(20)7-24-10-4-2-1-3-5-10/h1-5,12-13,15H,7-8H2,(H,17,20)(H,22,23)/t12?,13?,15-/m0/s1. The van der Waals surface area contributed by atoms with Gasteiger partial charge in [0.05, 0.1) is 5.57 Å². The number of para-hydroxylation sites is 1. The summed E-state index contributed by atoms with van der Waals surface area (Å²) in [6.07, 6.45) is 0. The third-order valence-corrected chi connectivity index (χ3v) is 5.21. The first kappa shape index (κ1) is 17.1. The van der Waals surface area contributed by atoms with Crippen molar-refractivity contribution in [2.45, 2.75) is 17.5 Å². The number of thioether (sulfide) groups is 1. The van der Waals surface area contributed by atoms with E-state index in [0.717, 1.165) is 4.90 Å². The van der Waals surface area contributed by atoms with E-state index in [9.17, 15) is 24.3 Å². The van der Waals surface area contributed by atoms with Gasteiger partial charge in [0, 0.05) is 5.75 Å². The Morgan fingerprint density at radius 2 is 2.08 bits per heavy atom. The van der Waals surface area contributed by atoms with E-state index in [2.05, 4.69) is 5.32 Å². The zero-order valence-electron chi connectivity index (χ0n) is 12.9. The van der Waals surface area contributed by atoms with Gasteiger partial charge in [0.2, 0.25) is 5.91 Å². The number of nitrogens with one attached hydrogen (secondary N) is 1. The lowest BCUT2D eigenvalue weighted by atomic mass is 9.98. The molecule has 2 heterocycles. The third-order valence-electron chi connectivity index (χ3n) is 3.89. The molecule has 2 aliphatic heterocycles. The number of carbonyl (C=O) groups excluding carboxylic acids is 3. The molecule has 2 aliphatic rings. The number of carbonyl (C=O) groups is 3. The number of nitrogens with zero attached hydrogens (tertiary/aromatic N) is 1. The fourth-order valence-corrected chi connectivity index (χ4v) is 4.06. The van der Waals surface area contributed by atoms with Crippen LogP contribution in [0.3, 0.4) is 0 Å². The lowest BCUT2D eigenvalue weighted by Gasteiger charge is -2.51. The predicted molar refractivity (Wildman–Crippen MR) is 87.6 cm³/mol.